The first-order chi connectivity index (χ1) is 3.95. The summed E-state index contributed by atoms with van der Waals surface area (Å²) >= 11 is 0. The van der Waals surface area contributed by atoms with E-state index in [1.54, 1.807) is 0 Å². The summed E-state index contributed by atoms with van der Waals surface area (Å²) in [5, 5.41) is 0. The van der Waals surface area contributed by atoms with Gasteiger partial charge in [-0.2, -0.15) is 0 Å². The van der Waals surface area contributed by atoms with Crippen LogP contribution in [0.3, 0.4) is 0 Å². The molecule has 1 saturated heterocycles. The van der Waals surface area contributed by atoms with Gasteiger partial charge < -0.3 is 4.90 Å². The third kappa shape index (κ3) is 0.540. The fraction of sp³-hybridized carbons (Fsp3) is 0.714. The lowest BCUT2D eigenvalue weighted by atomic mass is 9.94. The molecule has 0 aromatic heterocycles. The molecule has 8 heavy (non-hydrogen) atoms. The molecule has 0 unspecified atom stereocenters. The molecule has 3 aliphatic heterocycles. The molecule has 0 N–H and O–H groups in total. The topological polar surface area (TPSA) is 3.24 Å². The minimum atomic E-state index is 0.806. The Balaban J connectivity index is 2.20. The van der Waals surface area contributed by atoms with E-state index in [0.717, 1.165) is 5.92 Å². The molecule has 3 aliphatic rings. The molecule has 1 fully saturated rings. The molecule has 43 valence electrons. The van der Waals surface area contributed by atoms with Gasteiger partial charge in [0.1, 0.15) is 0 Å². The first-order valence-corrected chi connectivity index (χ1v) is 3.28. The van der Waals surface area contributed by atoms with E-state index in [2.05, 4.69) is 17.2 Å². The molecule has 1 heteroatoms. The Kier molecular flexibility index (Phi) is 0.833. The van der Waals surface area contributed by atoms with Gasteiger partial charge in [-0.05, 0) is 24.8 Å². The van der Waals surface area contributed by atoms with E-state index in [1.807, 2.05) is 0 Å². The van der Waals surface area contributed by atoms with Crippen molar-refractivity contribution in [3.05, 3.63) is 12.3 Å². The third-order valence-electron chi connectivity index (χ3n) is 2.02. The molecule has 0 aromatic rings. The summed E-state index contributed by atoms with van der Waals surface area (Å²) in [5.41, 5.74) is 0. The van der Waals surface area contributed by atoms with Crippen molar-refractivity contribution in [1.29, 1.82) is 0 Å². The predicted octanol–water partition coefficient (Wildman–Crippen LogP) is 1.03. The van der Waals surface area contributed by atoms with E-state index in [1.165, 1.54) is 25.9 Å². The van der Waals surface area contributed by atoms with Crippen LogP contribution < -0.4 is 0 Å². The normalized spacial score (nSPS) is 27.2. The van der Waals surface area contributed by atoms with Gasteiger partial charge in [0, 0.05) is 19.3 Å². The van der Waals surface area contributed by atoms with Crippen LogP contribution in [0, 0.1) is 12.0 Å². The first-order valence-electron chi connectivity index (χ1n) is 3.28. The maximum Gasteiger partial charge on any atom is 0.0178 e. The molecule has 1 radical (unpaired) electrons. The summed E-state index contributed by atoms with van der Waals surface area (Å²) < 4.78 is 0. The maximum atomic E-state index is 3.32. The third-order valence-corrected chi connectivity index (χ3v) is 2.02. The molecule has 1 nitrogen and oxygen atoms in total. The Morgan fingerprint density at radius 3 is 2.25 bits per heavy atom. The summed E-state index contributed by atoms with van der Waals surface area (Å²) in [4.78, 5) is 2.35. The maximum absolute atomic E-state index is 3.32. The standard InChI is InChI=1S/C7H10N/c1-4-8-5-2-7(1)3-6-8/h6-7H,1-2,4-5H2. The average molecular weight is 108 g/mol. The summed E-state index contributed by atoms with van der Waals surface area (Å²) in [6, 6.07) is 0. The van der Waals surface area contributed by atoms with Crippen molar-refractivity contribution in [2.45, 2.75) is 12.8 Å². The molecule has 0 saturated carbocycles. The van der Waals surface area contributed by atoms with Gasteiger partial charge in [0.05, 0.1) is 0 Å². The van der Waals surface area contributed by atoms with Crippen LogP contribution >= 0.6 is 0 Å². The summed E-state index contributed by atoms with van der Waals surface area (Å²) in [5.74, 6) is 0.806. The average Bonchev–Trinajstić information content (AvgIpc) is 1.92. The highest BCUT2D eigenvalue weighted by Gasteiger charge is 2.19. The molecule has 3 heterocycles. The summed E-state index contributed by atoms with van der Waals surface area (Å²) in [6.45, 7) is 2.55. The van der Waals surface area contributed by atoms with Crippen LogP contribution in [0.25, 0.3) is 0 Å². The smallest absolute Gasteiger partial charge is 0.0178 e. The lowest BCUT2D eigenvalue weighted by molar-refractivity contribution is 0.236. The number of nitrogens with zero attached hydrogens (tertiary/aromatic N) is 1. The fourth-order valence-corrected chi connectivity index (χ4v) is 1.41. The van der Waals surface area contributed by atoms with Gasteiger partial charge in [0.15, 0.2) is 0 Å². The van der Waals surface area contributed by atoms with Crippen molar-refractivity contribution < 1.29 is 0 Å². The second-order valence-corrected chi connectivity index (χ2v) is 2.61. The molecule has 2 bridgehead atoms. The number of fused-ring (bicyclic) bond motifs is 2. The molecule has 3 rings (SSSR count). The Morgan fingerprint density at radius 2 is 2.12 bits per heavy atom. The Hall–Kier alpha value is -0.460. The van der Waals surface area contributed by atoms with Crippen molar-refractivity contribution in [2.24, 2.45) is 5.92 Å². The highest BCUT2D eigenvalue weighted by Crippen LogP contribution is 2.22. The second-order valence-electron chi connectivity index (χ2n) is 2.61. The van der Waals surface area contributed by atoms with Gasteiger partial charge in [-0.25, -0.2) is 0 Å². The molecular formula is C7H10N. The van der Waals surface area contributed by atoms with E-state index < -0.39 is 0 Å². The highest BCUT2D eigenvalue weighted by molar-refractivity contribution is 4.92. The van der Waals surface area contributed by atoms with Crippen LogP contribution in [0.2, 0.25) is 0 Å². The quantitative estimate of drug-likeness (QED) is 0.448. The Morgan fingerprint density at radius 1 is 1.38 bits per heavy atom. The number of allylic oxidation sites excluding steroid dienone is 1. The second kappa shape index (κ2) is 1.51. The Bertz CT molecular complexity index is 95.6. The fourth-order valence-electron chi connectivity index (χ4n) is 1.41. The van der Waals surface area contributed by atoms with Gasteiger partial charge >= 0.3 is 0 Å². The van der Waals surface area contributed by atoms with E-state index >= 15 is 0 Å². The highest BCUT2D eigenvalue weighted by atomic mass is 15.1. The molecule has 0 aliphatic carbocycles. The van der Waals surface area contributed by atoms with E-state index in [-0.39, 0.29) is 0 Å². The number of piperidine rings is 1. The Labute approximate surface area is 50.0 Å². The monoisotopic (exact) mass is 108 g/mol. The van der Waals surface area contributed by atoms with Crippen LogP contribution in [-0.2, 0) is 0 Å². The number of hydrogen-bond donors (Lipinski definition) is 0. The zero-order valence-electron chi connectivity index (χ0n) is 4.93. The van der Waals surface area contributed by atoms with E-state index in [9.17, 15) is 0 Å². The lowest BCUT2D eigenvalue weighted by Crippen LogP contribution is -2.33. The van der Waals surface area contributed by atoms with E-state index in [0.29, 0.717) is 0 Å². The van der Waals surface area contributed by atoms with Gasteiger partial charge in [0.25, 0.3) is 0 Å². The summed E-state index contributed by atoms with van der Waals surface area (Å²) in [6.07, 6.45) is 8.13. The van der Waals surface area contributed by atoms with Crippen molar-refractivity contribution in [2.75, 3.05) is 13.1 Å². The van der Waals surface area contributed by atoms with Crippen LogP contribution in [0.15, 0.2) is 6.20 Å². The zero-order valence-corrected chi connectivity index (χ0v) is 4.93. The van der Waals surface area contributed by atoms with Crippen LogP contribution in [-0.4, -0.2) is 18.0 Å². The van der Waals surface area contributed by atoms with Crippen molar-refractivity contribution in [3.63, 3.8) is 0 Å². The van der Waals surface area contributed by atoms with Gasteiger partial charge in [-0.15, -0.1) is 0 Å². The van der Waals surface area contributed by atoms with Gasteiger partial charge in [0.2, 0.25) is 0 Å². The first kappa shape index (κ1) is 4.42. The zero-order chi connectivity index (χ0) is 5.40. The molecule has 0 aromatic carbocycles. The van der Waals surface area contributed by atoms with Crippen molar-refractivity contribution in [3.8, 4) is 0 Å². The summed E-state index contributed by atoms with van der Waals surface area (Å²) in [7, 11) is 0. The lowest BCUT2D eigenvalue weighted by Gasteiger charge is -2.34. The van der Waals surface area contributed by atoms with Crippen molar-refractivity contribution in [1.82, 2.24) is 4.90 Å². The van der Waals surface area contributed by atoms with Crippen LogP contribution in [0.5, 0.6) is 0 Å². The van der Waals surface area contributed by atoms with Gasteiger partial charge in [-0.3, -0.25) is 0 Å². The number of hydrogen-bond acceptors (Lipinski definition) is 1. The molecule has 0 amide bonds. The van der Waals surface area contributed by atoms with Crippen molar-refractivity contribution >= 4 is 0 Å². The molecule has 0 atom stereocenters. The SMILES string of the molecule is [C]1=CN2CCC1CC2. The molecular weight excluding hydrogens is 98.1 g/mol. The largest absolute Gasteiger partial charge is 0.377 e. The van der Waals surface area contributed by atoms with Crippen LogP contribution in [0.4, 0.5) is 0 Å². The molecule has 0 spiro atoms. The van der Waals surface area contributed by atoms with Crippen LogP contribution in [0.1, 0.15) is 12.8 Å². The van der Waals surface area contributed by atoms with Gasteiger partial charge in [-0.1, -0.05) is 0 Å². The number of rotatable bonds is 0. The minimum Gasteiger partial charge on any atom is -0.377 e. The predicted molar refractivity (Wildman–Crippen MR) is 32.1 cm³/mol. The minimum absolute atomic E-state index is 0.806. The van der Waals surface area contributed by atoms with E-state index in [4.69, 9.17) is 0 Å².